The molecule has 0 aliphatic heterocycles. The van der Waals surface area contributed by atoms with E-state index < -0.39 is 0 Å². The zero-order chi connectivity index (χ0) is 15.2. The van der Waals surface area contributed by atoms with Crippen LogP contribution in [0.15, 0.2) is 47.4 Å². The van der Waals surface area contributed by atoms with Gasteiger partial charge in [0.25, 0.3) is 5.91 Å². The van der Waals surface area contributed by atoms with Crippen molar-refractivity contribution >= 4 is 23.4 Å². The Balaban J connectivity index is 2.24. The van der Waals surface area contributed by atoms with E-state index >= 15 is 0 Å². The normalized spacial score (nSPS) is 10.0. The van der Waals surface area contributed by atoms with Crippen LogP contribution in [0.2, 0.25) is 0 Å². The minimum atomic E-state index is -0.183. The van der Waals surface area contributed by atoms with E-state index in [9.17, 15) is 4.79 Å². The van der Waals surface area contributed by atoms with Crippen molar-refractivity contribution in [3.05, 3.63) is 48.0 Å². The number of methoxy groups -OCH3 is 2. The van der Waals surface area contributed by atoms with E-state index in [1.165, 1.54) is 0 Å². The molecule has 5 heteroatoms. The summed E-state index contributed by atoms with van der Waals surface area (Å²) in [4.78, 5) is 13.4. The summed E-state index contributed by atoms with van der Waals surface area (Å²) in [5.74, 6) is 0.944. The van der Waals surface area contributed by atoms with Crippen molar-refractivity contribution in [1.82, 2.24) is 0 Å². The summed E-state index contributed by atoms with van der Waals surface area (Å²) in [6, 6.07) is 12.8. The molecule has 2 aromatic rings. The van der Waals surface area contributed by atoms with Crippen LogP contribution in [0.1, 0.15) is 10.4 Å². The van der Waals surface area contributed by atoms with E-state index in [0.29, 0.717) is 17.1 Å². The molecule has 0 aliphatic rings. The lowest BCUT2D eigenvalue weighted by molar-refractivity contribution is 0.102. The smallest absolute Gasteiger partial charge is 0.255 e. The zero-order valence-electron chi connectivity index (χ0n) is 12.2. The van der Waals surface area contributed by atoms with Crippen molar-refractivity contribution in [2.75, 3.05) is 25.8 Å². The van der Waals surface area contributed by atoms with Crippen molar-refractivity contribution in [3.63, 3.8) is 0 Å². The van der Waals surface area contributed by atoms with Gasteiger partial charge in [-0.15, -0.1) is 11.8 Å². The molecule has 0 spiro atoms. The van der Waals surface area contributed by atoms with Crippen LogP contribution < -0.4 is 14.8 Å². The van der Waals surface area contributed by atoms with Gasteiger partial charge < -0.3 is 14.8 Å². The Morgan fingerprint density at radius 1 is 1.05 bits per heavy atom. The van der Waals surface area contributed by atoms with Gasteiger partial charge in [0.05, 0.1) is 19.9 Å². The third-order valence-corrected chi connectivity index (χ3v) is 3.80. The van der Waals surface area contributed by atoms with Crippen LogP contribution in [-0.2, 0) is 0 Å². The molecule has 0 saturated heterocycles. The molecule has 0 atom stereocenters. The fraction of sp³-hybridized carbons (Fsp3) is 0.188. The number of ether oxygens (including phenoxy) is 2. The number of hydrogen-bond donors (Lipinski definition) is 1. The molecule has 4 nitrogen and oxygen atoms in total. The van der Waals surface area contributed by atoms with E-state index in [1.807, 2.05) is 30.5 Å². The number of carbonyl (C=O) groups excluding carboxylic acids is 1. The molecule has 0 fully saturated rings. The quantitative estimate of drug-likeness (QED) is 0.856. The maximum Gasteiger partial charge on any atom is 0.255 e. The summed E-state index contributed by atoms with van der Waals surface area (Å²) in [5.41, 5.74) is 1.31. The van der Waals surface area contributed by atoms with Crippen molar-refractivity contribution in [2.24, 2.45) is 0 Å². The van der Waals surface area contributed by atoms with Crippen molar-refractivity contribution < 1.29 is 14.3 Å². The molecule has 0 heterocycles. The largest absolute Gasteiger partial charge is 0.493 e. The predicted octanol–water partition coefficient (Wildman–Crippen LogP) is 3.68. The highest BCUT2D eigenvalue weighted by molar-refractivity contribution is 7.98. The first-order valence-electron chi connectivity index (χ1n) is 6.36. The summed E-state index contributed by atoms with van der Waals surface area (Å²) in [5, 5.41) is 2.91. The number of rotatable bonds is 5. The molecule has 2 aromatic carbocycles. The standard InChI is InChI=1S/C16H17NO3S/c1-19-13-9-8-11(10-14(13)20-2)16(18)17-12-6-4-5-7-15(12)21-3/h4-10H,1-3H3,(H,17,18). The second-order valence-electron chi connectivity index (χ2n) is 4.22. The van der Waals surface area contributed by atoms with Gasteiger partial charge in [0.15, 0.2) is 11.5 Å². The highest BCUT2D eigenvalue weighted by atomic mass is 32.2. The van der Waals surface area contributed by atoms with Crippen molar-refractivity contribution in [1.29, 1.82) is 0 Å². The molecule has 0 radical (unpaired) electrons. The summed E-state index contributed by atoms with van der Waals surface area (Å²) in [6.07, 6.45) is 1.97. The van der Waals surface area contributed by atoms with Crippen LogP contribution in [0, 0.1) is 0 Å². The Hall–Kier alpha value is -2.14. The third kappa shape index (κ3) is 3.49. The number of amides is 1. The average Bonchev–Trinajstić information content (AvgIpc) is 2.54. The molecule has 0 aromatic heterocycles. The minimum Gasteiger partial charge on any atom is -0.493 e. The Morgan fingerprint density at radius 2 is 1.76 bits per heavy atom. The SMILES string of the molecule is COc1ccc(C(=O)Nc2ccccc2SC)cc1OC. The average molecular weight is 303 g/mol. The van der Waals surface area contributed by atoms with Crippen molar-refractivity contribution in [2.45, 2.75) is 4.90 Å². The number of nitrogens with one attached hydrogen (secondary N) is 1. The fourth-order valence-electron chi connectivity index (χ4n) is 1.92. The number of benzene rings is 2. The van der Waals surface area contributed by atoms with Gasteiger partial charge in [-0.3, -0.25) is 4.79 Å². The van der Waals surface area contributed by atoms with Gasteiger partial charge in [-0.25, -0.2) is 0 Å². The number of para-hydroxylation sites is 1. The number of carbonyl (C=O) groups is 1. The van der Waals surface area contributed by atoms with Gasteiger partial charge in [0.1, 0.15) is 0 Å². The van der Waals surface area contributed by atoms with E-state index in [2.05, 4.69) is 5.32 Å². The van der Waals surface area contributed by atoms with Crippen LogP contribution in [0.25, 0.3) is 0 Å². The van der Waals surface area contributed by atoms with Crippen LogP contribution in [0.5, 0.6) is 11.5 Å². The summed E-state index contributed by atoms with van der Waals surface area (Å²) in [6.45, 7) is 0. The van der Waals surface area contributed by atoms with Gasteiger partial charge in [0, 0.05) is 10.5 Å². The lowest BCUT2D eigenvalue weighted by Crippen LogP contribution is -2.12. The molecular weight excluding hydrogens is 286 g/mol. The van der Waals surface area contributed by atoms with Crippen LogP contribution in [0.3, 0.4) is 0 Å². The lowest BCUT2D eigenvalue weighted by atomic mass is 10.2. The molecule has 1 amide bonds. The first-order chi connectivity index (χ1) is 10.2. The first kappa shape index (κ1) is 15.3. The highest BCUT2D eigenvalue weighted by Crippen LogP contribution is 2.29. The molecule has 0 unspecified atom stereocenters. The number of thioether (sulfide) groups is 1. The molecule has 0 saturated carbocycles. The Bertz CT molecular complexity index is 643. The Labute approximate surface area is 128 Å². The summed E-state index contributed by atoms with van der Waals surface area (Å²) >= 11 is 1.59. The van der Waals surface area contributed by atoms with E-state index in [4.69, 9.17) is 9.47 Å². The van der Waals surface area contributed by atoms with Crippen LogP contribution in [0.4, 0.5) is 5.69 Å². The molecule has 110 valence electrons. The summed E-state index contributed by atoms with van der Waals surface area (Å²) < 4.78 is 10.4. The monoisotopic (exact) mass is 303 g/mol. The predicted molar refractivity (Wildman–Crippen MR) is 85.7 cm³/mol. The highest BCUT2D eigenvalue weighted by Gasteiger charge is 2.12. The molecule has 0 aliphatic carbocycles. The fourth-order valence-corrected chi connectivity index (χ4v) is 2.47. The number of anilines is 1. The van der Waals surface area contributed by atoms with E-state index in [0.717, 1.165) is 10.6 Å². The minimum absolute atomic E-state index is 0.183. The Kier molecular flexibility index (Phi) is 5.11. The van der Waals surface area contributed by atoms with Gasteiger partial charge in [-0.1, -0.05) is 12.1 Å². The van der Waals surface area contributed by atoms with Gasteiger partial charge in [-0.2, -0.15) is 0 Å². The van der Waals surface area contributed by atoms with E-state index in [1.54, 1.807) is 44.2 Å². The van der Waals surface area contributed by atoms with Gasteiger partial charge in [0.2, 0.25) is 0 Å². The van der Waals surface area contributed by atoms with Crippen LogP contribution >= 0.6 is 11.8 Å². The topological polar surface area (TPSA) is 47.6 Å². The first-order valence-corrected chi connectivity index (χ1v) is 7.58. The molecule has 1 N–H and O–H groups in total. The number of hydrogen-bond acceptors (Lipinski definition) is 4. The second kappa shape index (κ2) is 7.04. The molecule has 2 rings (SSSR count). The van der Waals surface area contributed by atoms with Crippen LogP contribution in [-0.4, -0.2) is 26.4 Å². The zero-order valence-corrected chi connectivity index (χ0v) is 13.0. The molecule has 0 bridgehead atoms. The third-order valence-electron chi connectivity index (χ3n) is 3.00. The molecule has 21 heavy (non-hydrogen) atoms. The maximum atomic E-state index is 12.3. The van der Waals surface area contributed by atoms with E-state index in [-0.39, 0.29) is 5.91 Å². The maximum absolute atomic E-state index is 12.3. The second-order valence-corrected chi connectivity index (χ2v) is 5.07. The Morgan fingerprint density at radius 3 is 2.43 bits per heavy atom. The van der Waals surface area contributed by atoms with Crippen molar-refractivity contribution in [3.8, 4) is 11.5 Å². The van der Waals surface area contributed by atoms with Gasteiger partial charge in [-0.05, 0) is 36.6 Å². The lowest BCUT2D eigenvalue weighted by Gasteiger charge is -2.11. The summed E-state index contributed by atoms with van der Waals surface area (Å²) in [7, 11) is 3.11. The van der Waals surface area contributed by atoms with Gasteiger partial charge >= 0.3 is 0 Å². The molecular formula is C16H17NO3S.